The summed E-state index contributed by atoms with van der Waals surface area (Å²) >= 11 is 0. The summed E-state index contributed by atoms with van der Waals surface area (Å²) in [5.74, 6) is 1.77. The third-order valence-electron chi connectivity index (χ3n) is 6.11. The predicted molar refractivity (Wildman–Crippen MR) is 77.4 cm³/mol. The van der Waals surface area contributed by atoms with Crippen LogP contribution in [0.4, 0.5) is 0 Å². The normalized spacial score (nSPS) is 50.5. The van der Waals surface area contributed by atoms with E-state index in [-0.39, 0.29) is 55.4 Å². The number of esters is 2. The van der Waals surface area contributed by atoms with Gasteiger partial charge in [0.15, 0.2) is 25.3 Å². The quantitative estimate of drug-likeness (QED) is 0.613. The van der Waals surface area contributed by atoms with Crippen molar-refractivity contribution in [3.63, 3.8) is 0 Å². The van der Waals surface area contributed by atoms with Gasteiger partial charge in [-0.15, -0.1) is 0 Å². The molecule has 4 bridgehead atoms. The molecular weight excluding hydrogens is 316 g/mol. The molecule has 7 nitrogen and oxygen atoms in total. The van der Waals surface area contributed by atoms with Gasteiger partial charge in [0.2, 0.25) is 0 Å². The molecule has 7 rings (SSSR count). The van der Waals surface area contributed by atoms with Crippen molar-refractivity contribution in [2.75, 3.05) is 6.79 Å². The van der Waals surface area contributed by atoms with Crippen LogP contribution in [0.15, 0.2) is 0 Å². The predicted octanol–water partition coefficient (Wildman–Crippen LogP) is 1.14. The van der Waals surface area contributed by atoms with Crippen LogP contribution in [0, 0.1) is 17.8 Å². The molecule has 2 saturated carbocycles. The van der Waals surface area contributed by atoms with Gasteiger partial charge in [0.05, 0.1) is 12.3 Å². The second kappa shape index (κ2) is 5.68. The van der Waals surface area contributed by atoms with Gasteiger partial charge in [-0.25, -0.2) is 0 Å². The fourth-order valence-corrected chi connectivity index (χ4v) is 5.20. The highest BCUT2D eigenvalue weighted by atomic mass is 16.8. The summed E-state index contributed by atoms with van der Waals surface area (Å²) < 4.78 is 26.1. The Morgan fingerprint density at radius 3 is 2.42 bits per heavy atom. The summed E-state index contributed by atoms with van der Waals surface area (Å²) in [5.41, 5.74) is 0. The smallest absolute Gasteiger partial charge is 0.309 e. The Kier molecular flexibility index (Phi) is 3.57. The molecule has 5 aliphatic heterocycles. The minimum absolute atomic E-state index is 0.102. The van der Waals surface area contributed by atoms with Crippen LogP contribution in [-0.4, -0.2) is 49.4 Å². The Balaban J connectivity index is 0.000000109. The SMILES string of the molecule is O=C1CC2OC3OCOC3C2O1.O=C1OC2CC3CC(C2)CC1C3. The molecule has 0 spiro atoms. The highest BCUT2D eigenvalue weighted by molar-refractivity contribution is 5.73. The van der Waals surface area contributed by atoms with E-state index < -0.39 is 0 Å². The third-order valence-corrected chi connectivity index (χ3v) is 6.11. The molecular formula is C17H22O7. The van der Waals surface area contributed by atoms with Gasteiger partial charge in [-0.1, -0.05) is 0 Å². The van der Waals surface area contributed by atoms with Crippen LogP contribution in [-0.2, 0) is 33.3 Å². The van der Waals surface area contributed by atoms with Crippen LogP contribution in [0.5, 0.6) is 0 Å². The van der Waals surface area contributed by atoms with E-state index in [2.05, 4.69) is 0 Å². The zero-order valence-electron chi connectivity index (χ0n) is 13.4. The Bertz CT molecular complexity index is 535. The fraction of sp³-hybridized carbons (Fsp3) is 0.882. The first-order valence-electron chi connectivity index (χ1n) is 8.94. The largest absolute Gasteiger partial charge is 0.462 e. The zero-order valence-corrected chi connectivity index (χ0v) is 13.4. The fourth-order valence-electron chi connectivity index (χ4n) is 5.20. The van der Waals surface area contributed by atoms with Crippen molar-refractivity contribution in [1.82, 2.24) is 0 Å². The highest BCUT2D eigenvalue weighted by Gasteiger charge is 2.55. The molecule has 7 fully saturated rings. The molecule has 0 amide bonds. The summed E-state index contributed by atoms with van der Waals surface area (Å²) in [5, 5.41) is 0. The first kappa shape index (κ1) is 15.1. The van der Waals surface area contributed by atoms with Crippen molar-refractivity contribution in [1.29, 1.82) is 0 Å². The van der Waals surface area contributed by atoms with E-state index in [1.54, 1.807) is 0 Å². The lowest BCUT2D eigenvalue weighted by atomic mass is 9.68. The first-order chi connectivity index (χ1) is 11.7. The van der Waals surface area contributed by atoms with Crippen LogP contribution < -0.4 is 0 Å². The monoisotopic (exact) mass is 338 g/mol. The highest BCUT2D eigenvalue weighted by Crippen LogP contribution is 2.46. The Morgan fingerprint density at radius 2 is 1.62 bits per heavy atom. The molecule has 5 heterocycles. The van der Waals surface area contributed by atoms with Gasteiger partial charge >= 0.3 is 11.9 Å². The van der Waals surface area contributed by atoms with Gasteiger partial charge < -0.3 is 23.7 Å². The average Bonchev–Trinajstić information content (AvgIpc) is 3.15. The van der Waals surface area contributed by atoms with E-state index >= 15 is 0 Å². The summed E-state index contributed by atoms with van der Waals surface area (Å²) in [6.45, 7) is 0.232. The maximum atomic E-state index is 11.4. The van der Waals surface area contributed by atoms with E-state index in [4.69, 9.17) is 23.7 Å². The van der Waals surface area contributed by atoms with E-state index in [1.165, 1.54) is 6.42 Å². The maximum Gasteiger partial charge on any atom is 0.309 e. The lowest BCUT2D eigenvalue weighted by molar-refractivity contribution is -0.151. The lowest BCUT2D eigenvalue weighted by Crippen LogP contribution is -2.30. The van der Waals surface area contributed by atoms with Crippen molar-refractivity contribution in [2.45, 2.75) is 69.2 Å². The van der Waals surface area contributed by atoms with E-state index in [0.29, 0.717) is 6.42 Å². The van der Waals surface area contributed by atoms with Gasteiger partial charge in [0.1, 0.15) is 12.2 Å². The van der Waals surface area contributed by atoms with Crippen molar-refractivity contribution in [2.24, 2.45) is 17.8 Å². The number of carbonyl (C=O) groups is 2. The molecule has 5 saturated heterocycles. The maximum absolute atomic E-state index is 11.4. The molecule has 7 heteroatoms. The second-order valence-electron chi connectivity index (χ2n) is 7.78. The van der Waals surface area contributed by atoms with Crippen LogP contribution in [0.25, 0.3) is 0 Å². The van der Waals surface area contributed by atoms with Crippen LogP contribution in [0.2, 0.25) is 0 Å². The minimum Gasteiger partial charge on any atom is -0.462 e. The molecule has 6 atom stereocenters. The van der Waals surface area contributed by atoms with Crippen molar-refractivity contribution < 1.29 is 33.3 Å². The summed E-state index contributed by atoms with van der Waals surface area (Å²) in [6.07, 6.45) is 5.57. The number of ether oxygens (including phenoxy) is 5. The number of rotatable bonds is 0. The minimum atomic E-state index is -0.326. The average molecular weight is 338 g/mol. The zero-order chi connectivity index (χ0) is 16.3. The molecule has 0 aromatic carbocycles. The van der Waals surface area contributed by atoms with Gasteiger partial charge in [-0.2, -0.15) is 0 Å². The molecule has 7 aliphatic rings. The Morgan fingerprint density at radius 1 is 0.833 bits per heavy atom. The van der Waals surface area contributed by atoms with E-state index in [0.717, 1.165) is 37.5 Å². The van der Waals surface area contributed by atoms with Crippen LogP contribution in [0.3, 0.4) is 0 Å². The van der Waals surface area contributed by atoms with Crippen molar-refractivity contribution in [3.8, 4) is 0 Å². The molecule has 132 valence electrons. The summed E-state index contributed by atoms with van der Waals surface area (Å²) in [7, 11) is 0. The van der Waals surface area contributed by atoms with Gasteiger partial charge in [0, 0.05) is 0 Å². The number of hydrogen-bond acceptors (Lipinski definition) is 7. The molecule has 24 heavy (non-hydrogen) atoms. The van der Waals surface area contributed by atoms with Crippen molar-refractivity contribution in [3.05, 3.63) is 0 Å². The molecule has 0 N–H and O–H groups in total. The number of fused-ring (bicyclic) bond motifs is 4. The number of carbonyl (C=O) groups excluding carboxylic acids is 2. The molecule has 0 aromatic heterocycles. The van der Waals surface area contributed by atoms with Crippen LogP contribution in [0.1, 0.15) is 38.5 Å². The standard InChI is InChI=1S/C10H14O2.C7H8O5/c11-10-8-2-6-1-7(3-8)5-9(4-6)12-10;8-4-1-3-5(12-4)6-7(11-3)10-2-9-6/h6-9H,1-5H2;3,5-7H,1-2H2. The van der Waals surface area contributed by atoms with E-state index in [1.807, 2.05) is 0 Å². The molecule has 0 radical (unpaired) electrons. The topological polar surface area (TPSA) is 80.3 Å². The Labute approximate surface area is 139 Å². The van der Waals surface area contributed by atoms with Gasteiger partial charge in [0.25, 0.3) is 0 Å². The van der Waals surface area contributed by atoms with Gasteiger partial charge in [-0.05, 0) is 43.9 Å². The Hall–Kier alpha value is -1.18. The lowest BCUT2D eigenvalue weighted by Gasteiger charge is -2.35. The molecule has 6 unspecified atom stereocenters. The first-order valence-corrected chi connectivity index (χ1v) is 8.94. The summed E-state index contributed by atoms with van der Waals surface area (Å²) in [6, 6.07) is 0. The summed E-state index contributed by atoms with van der Waals surface area (Å²) in [4.78, 5) is 22.3. The molecule has 2 aliphatic carbocycles. The van der Waals surface area contributed by atoms with Gasteiger partial charge in [-0.3, -0.25) is 9.59 Å². The second-order valence-corrected chi connectivity index (χ2v) is 7.78. The molecule has 0 aromatic rings. The number of hydrogen-bond donors (Lipinski definition) is 0. The third kappa shape index (κ3) is 2.53. The van der Waals surface area contributed by atoms with Crippen molar-refractivity contribution >= 4 is 11.9 Å². The van der Waals surface area contributed by atoms with E-state index in [9.17, 15) is 9.59 Å². The van der Waals surface area contributed by atoms with Crippen LogP contribution >= 0.6 is 0 Å².